The lowest BCUT2D eigenvalue weighted by Crippen LogP contribution is -2.47. The fraction of sp³-hybridized carbons (Fsp3) is 0.533. The number of likely N-dealkylation sites (N-methyl/N-ethyl adjacent to an activating group) is 1. The van der Waals surface area contributed by atoms with Gasteiger partial charge in [0.2, 0.25) is 5.88 Å². The minimum Gasteiger partial charge on any atom is -0.474 e. The third-order valence-corrected chi connectivity index (χ3v) is 4.07. The Balaban J connectivity index is 1.77. The molecule has 0 aliphatic carbocycles. The number of rotatable bonds is 5. The summed E-state index contributed by atoms with van der Waals surface area (Å²) in [7, 11) is 4.13. The molecule has 0 aromatic carbocycles. The summed E-state index contributed by atoms with van der Waals surface area (Å²) in [5, 5.41) is 8.84. The van der Waals surface area contributed by atoms with Crippen LogP contribution in [-0.4, -0.2) is 69.4 Å². The number of hydrogen-bond donors (Lipinski definition) is 1. The van der Waals surface area contributed by atoms with Gasteiger partial charge in [0.15, 0.2) is 5.82 Å². The van der Waals surface area contributed by atoms with Crippen LogP contribution in [0.1, 0.15) is 11.9 Å². The first-order valence-corrected chi connectivity index (χ1v) is 7.67. The summed E-state index contributed by atoms with van der Waals surface area (Å²) in [6, 6.07) is 0.201. The molecule has 23 heavy (non-hydrogen) atoms. The van der Waals surface area contributed by atoms with E-state index in [9.17, 15) is 0 Å². The van der Waals surface area contributed by atoms with Crippen molar-refractivity contribution in [2.45, 2.75) is 6.04 Å². The van der Waals surface area contributed by atoms with Crippen LogP contribution in [-0.2, 0) is 7.05 Å². The second kappa shape index (κ2) is 6.93. The van der Waals surface area contributed by atoms with Crippen molar-refractivity contribution in [2.24, 2.45) is 7.05 Å². The molecule has 2 aromatic heterocycles. The minimum absolute atomic E-state index is 0.0400. The Morgan fingerprint density at radius 2 is 2.17 bits per heavy atom. The zero-order chi connectivity index (χ0) is 16.2. The minimum atomic E-state index is -0.0400. The van der Waals surface area contributed by atoms with Gasteiger partial charge in [-0.05, 0) is 7.05 Å². The van der Waals surface area contributed by atoms with E-state index >= 15 is 0 Å². The number of anilines is 1. The van der Waals surface area contributed by atoms with Gasteiger partial charge in [-0.15, -0.1) is 0 Å². The van der Waals surface area contributed by atoms with Crippen molar-refractivity contribution in [1.82, 2.24) is 24.4 Å². The van der Waals surface area contributed by atoms with E-state index in [1.807, 2.05) is 19.4 Å². The summed E-state index contributed by atoms with van der Waals surface area (Å²) in [5.74, 6) is 2.26. The van der Waals surface area contributed by atoms with Crippen LogP contribution in [0, 0.1) is 0 Å². The normalized spacial score (nSPS) is 19.1. The van der Waals surface area contributed by atoms with Crippen LogP contribution in [0.15, 0.2) is 24.8 Å². The molecule has 1 aliphatic heterocycles. The number of aromatic nitrogens is 4. The molecule has 1 saturated heterocycles. The molecule has 0 saturated carbocycles. The van der Waals surface area contributed by atoms with Crippen molar-refractivity contribution in [3.05, 3.63) is 30.6 Å². The first-order valence-electron chi connectivity index (χ1n) is 7.67. The lowest BCUT2D eigenvalue weighted by atomic mass is 10.1. The molecule has 8 nitrogen and oxygen atoms in total. The fourth-order valence-corrected chi connectivity index (χ4v) is 2.77. The lowest BCUT2D eigenvalue weighted by molar-refractivity contribution is 0.195. The number of aryl methyl sites for hydroxylation is 1. The molecule has 124 valence electrons. The van der Waals surface area contributed by atoms with Crippen molar-refractivity contribution < 1.29 is 9.84 Å². The number of aliphatic hydroxyl groups excluding tert-OH is 1. The van der Waals surface area contributed by atoms with Gasteiger partial charge in [-0.2, -0.15) is 4.98 Å². The van der Waals surface area contributed by atoms with Crippen LogP contribution in [0.5, 0.6) is 5.88 Å². The van der Waals surface area contributed by atoms with E-state index in [0.717, 1.165) is 31.3 Å². The average molecular weight is 318 g/mol. The van der Waals surface area contributed by atoms with Gasteiger partial charge < -0.3 is 19.3 Å². The molecule has 2 aromatic rings. The molecule has 0 radical (unpaired) electrons. The Kier molecular flexibility index (Phi) is 4.73. The number of imidazole rings is 1. The number of nitrogens with zero attached hydrogens (tertiary/aromatic N) is 6. The molecule has 0 amide bonds. The fourth-order valence-electron chi connectivity index (χ4n) is 2.77. The Bertz CT molecular complexity index is 646. The molecule has 1 N–H and O–H groups in total. The number of hydrogen-bond acceptors (Lipinski definition) is 7. The predicted molar refractivity (Wildman–Crippen MR) is 85.4 cm³/mol. The summed E-state index contributed by atoms with van der Waals surface area (Å²) >= 11 is 0. The molecule has 0 spiro atoms. The van der Waals surface area contributed by atoms with E-state index < -0.39 is 0 Å². The van der Waals surface area contributed by atoms with Gasteiger partial charge in [0.05, 0.1) is 25.0 Å². The zero-order valence-corrected chi connectivity index (χ0v) is 13.5. The van der Waals surface area contributed by atoms with E-state index in [0.29, 0.717) is 5.88 Å². The van der Waals surface area contributed by atoms with Gasteiger partial charge >= 0.3 is 0 Å². The van der Waals surface area contributed by atoms with Crippen LogP contribution >= 0.6 is 0 Å². The summed E-state index contributed by atoms with van der Waals surface area (Å²) in [4.78, 5) is 17.7. The van der Waals surface area contributed by atoms with Crippen molar-refractivity contribution in [3.8, 4) is 5.88 Å². The summed E-state index contributed by atoms with van der Waals surface area (Å²) < 4.78 is 7.40. The SMILES string of the molecule is CN1CCN(c2cncc(OCCO)n2)CC1c1nccn1C. The summed E-state index contributed by atoms with van der Waals surface area (Å²) in [6.45, 7) is 2.76. The van der Waals surface area contributed by atoms with Crippen LogP contribution in [0.4, 0.5) is 5.82 Å². The zero-order valence-electron chi connectivity index (χ0n) is 13.5. The van der Waals surface area contributed by atoms with E-state index in [2.05, 4.69) is 36.4 Å². The molecule has 1 aliphatic rings. The van der Waals surface area contributed by atoms with Crippen LogP contribution < -0.4 is 9.64 Å². The Labute approximate surface area is 135 Å². The van der Waals surface area contributed by atoms with E-state index in [4.69, 9.17) is 9.84 Å². The van der Waals surface area contributed by atoms with Crippen molar-refractivity contribution in [2.75, 3.05) is 44.8 Å². The van der Waals surface area contributed by atoms with Gasteiger partial charge in [0.25, 0.3) is 0 Å². The highest BCUT2D eigenvalue weighted by molar-refractivity contribution is 5.39. The van der Waals surface area contributed by atoms with Gasteiger partial charge in [-0.25, -0.2) is 4.98 Å². The Morgan fingerprint density at radius 1 is 1.30 bits per heavy atom. The molecule has 1 unspecified atom stereocenters. The monoisotopic (exact) mass is 318 g/mol. The molecule has 0 bridgehead atoms. The number of ether oxygens (including phenoxy) is 1. The standard InChI is InChI=1S/C15H22N6O2/c1-19-5-6-21(11-12(19)15-17-3-4-20(15)2)13-9-16-10-14(18-13)23-8-7-22/h3-4,9-10,12,22H,5-8,11H2,1-2H3. The van der Waals surface area contributed by atoms with Crippen molar-refractivity contribution in [3.63, 3.8) is 0 Å². The molecular weight excluding hydrogens is 296 g/mol. The maximum Gasteiger partial charge on any atom is 0.234 e. The van der Waals surface area contributed by atoms with Gasteiger partial charge in [0, 0.05) is 39.1 Å². The summed E-state index contributed by atoms with van der Waals surface area (Å²) in [6.07, 6.45) is 7.09. The van der Waals surface area contributed by atoms with Crippen LogP contribution in [0.25, 0.3) is 0 Å². The first kappa shape index (κ1) is 15.7. The van der Waals surface area contributed by atoms with Crippen LogP contribution in [0.2, 0.25) is 0 Å². The van der Waals surface area contributed by atoms with E-state index in [-0.39, 0.29) is 19.3 Å². The molecule has 3 heterocycles. The third-order valence-electron chi connectivity index (χ3n) is 4.07. The Hall–Kier alpha value is -2.19. The predicted octanol–water partition coefficient (Wildman–Crippen LogP) is 0.0743. The van der Waals surface area contributed by atoms with Crippen molar-refractivity contribution >= 4 is 5.82 Å². The second-order valence-electron chi connectivity index (χ2n) is 5.63. The Morgan fingerprint density at radius 3 is 2.91 bits per heavy atom. The van der Waals surface area contributed by atoms with Crippen LogP contribution in [0.3, 0.4) is 0 Å². The highest BCUT2D eigenvalue weighted by Crippen LogP contribution is 2.25. The van der Waals surface area contributed by atoms with Gasteiger partial charge in [0.1, 0.15) is 12.4 Å². The molecule has 8 heteroatoms. The van der Waals surface area contributed by atoms with E-state index in [1.54, 1.807) is 12.4 Å². The molecule has 1 atom stereocenters. The first-order chi connectivity index (χ1) is 11.2. The lowest BCUT2D eigenvalue weighted by Gasteiger charge is -2.39. The van der Waals surface area contributed by atoms with E-state index in [1.165, 1.54) is 0 Å². The highest BCUT2D eigenvalue weighted by atomic mass is 16.5. The maximum atomic E-state index is 8.84. The smallest absolute Gasteiger partial charge is 0.234 e. The number of aliphatic hydroxyl groups is 1. The topological polar surface area (TPSA) is 79.5 Å². The maximum absolute atomic E-state index is 8.84. The third kappa shape index (κ3) is 3.43. The van der Waals surface area contributed by atoms with Gasteiger partial charge in [-0.1, -0.05) is 0 Å². The summed E-state index contributed by atoms with van der Waals surface area (Å²) in [5.41, 5.74) is 0. The van der Waals surface area contributed by atoms with Crippen molar-refractivity contribution in [1.29, 1.82) is 0 Å². The second-order valence-corrected chi connectivity index (χ2v) is 5.63. The largest absolute Gasteiger partial charge is 0.474 e. The molecule has 3 rings (SSSR count). The molecule has 1 fully saturated rings. The number of piperazine rings is 1. The quantitative estimate of drug-likeness (QED) is 0.836. The molecular formula is C15H22N6O2. The highest BCUT2D eigenvalue weighted by Gasteiger charge is 2.29. The van der Waals surface area contributed by atoms with Gasteiger partial charge in [-0.3, -0.25) is 9.88 Å². The average Bonchev–Trinajstić information content (AvgIpc) is 2.99.